The normalized spacial score (nSPS) is 10.6. The van der Waals surface area contributed by atoms with E-state index in [4.69, 9.17) is 4.74 Å². The van der Waals surface area contributed by atoms with Crippen LogP contribution in [-0.2, 0) is 6.42 Å². The lowest BCUT2D eigenvalue weighted by atomic mass is 10.0. The predicted molar refractivity (Wildman–Crippen MR) is 89.9 cm³/mol. The second kappa shape index (κ2) is 8.48. The summed E-state index contributed by atoms with van der Waals surface area (Å²) in [5, 5.41) is 3.17. The standard InChI is InChI=1S/C19H25NO/c1-3-16-12-9-13-18(17-10-5-4-6-11-17)19(16)21-15-8-7-14-20-2/h4-6,9-13,20H,3,7-8,14-15H2,1-2H3. The van der Waals surface area contributed by atoms with Crippen LogP contribution in [0.5, 0.6) is 5.75 Å². The van der Waals surface area contributed by atoms with Crippen LogP contribution in [0.4, 0.5) is 0 Å². The van der Waals surface area contributed by atoms with Crippen LogP contribution < -0.4 is 10.1 Å². The fourth-order valence-corrected chi connectivity index (χ4v) is 2.46. The first kappa shape index (κ1) is 15.6. The fourth-order valence-electron chi connectivity index (χ4n) is 2.46. The van der Waals surface area contributed by atoms with Gasteiger partial charge in [-0.05, 0) is 44.0 Å². The summed E-state index contributed by atoms with van der Waals surface area (Å²) in [4.78, 5) is 0. The Bertz CT molecular complexity index is 537. The Morgan fingerprint density at radius 3 is 2.48 bits per heavy atom. The number of hydrogen-bond acceptors (Lipinski definition) is 2. The Balaban J connectivity index is 2.17. The molecule has 0 radical (unpaired) electrons. The molecule has 2 aromatic rings. The van der Waals surface area contributed by atoms with Crippen LogP contribution in [0.3, 0.4) is 0 Å². The van der Waals surface area contributed by atoms with E-state index >= 15 is 0 Å². The summed E-state index contributed by atoms with van der Waals surface area (Å²) in [5.41, 5.74) is 3.70. The van der Waals surface area contributed by atoms with E-state index in [1.165, 1.54) is 16.7 Å². The van der Waals surface area contributed by atoms with E-state index in [0.29, 0.717) is 0 Å². The number of para-hydroxylation sites is 1. The molecule has 2 heteroatoms. The molecule has 1 N–H and O–H groups in total. The molecule has 0 aromatic heterocycles. The Kier molecular flexibility index (Phi) is 6.29. The van der Waals surface area contributed by atoms with Gasteiger partial charge in [0.05, 0.1) is 6.61 Å². The lowest BCUT2D eigenvalue weighted by molar-refractivity contribution is 0.305. The van der Waals surface area contributed by atoms with Gasteiger partial charge in [0.1, 0.15) is 5.75 Å². The first-order chi connectivity index (χ1) is 10.4. The van der Waals surface area contributed by atoms with Crippen molar-refractivity contribution in [3.63, 3.8) is 0 Å². The molecule has 112 valence electrons. The average molecular weight is 283 g/mol. The smallest absolute Gasteiger partial charge is 0.130 e. The highest BCUT2D eigenvalue weighted by Crippen LogP contribution is 2.33. The molecule has 0 bridgehead atoms. The molecule has 0 aliphatic heterocycles. The zero-order chi connectivity index (χ0) is 14.9. The van der Waals surface area contributed by atoms with Gasteiger partial charge < -0.3 is 10.1 Å². The quantitative estimate of drug-likeness (QED) is 0.730. The molecule has 0 amide bonds. The largest absolute Gasteiger partial charge is 0.493 e. The van der Waals surface area contributed by atoms with Crippen molar-refractivity contribution >= 4 is 0 Å². The van der Waals surface area contributed by atoms with E-state index in [0.717, 1.165) is 38.2 Å². The number of aryl methyl sites for hydroxylation is 1. The highest BCUT2D eigenvalue weighted by atomic mass is 16.5. The lowest BCUT2D eigenvalue weighted by Crippen LogP contribution is -2.09. The van der Waals surface area contributed by atoms with E-state index in [1.807, 2.05) is 13.1 Å². The molecule has 21 heavy (non-hydrogen) atoms. The van der Waals surface area contributed by atoms with Crippen molar-refractivity contribution in [2.24, 2.45) is 0 Å². The van der Waals surface area contributed by atoms with Crippen LogP contribution in [0.2, 0.25) is 0 Å². The van der Waals surface area contributed by atoms with Crippen molar-refractivity contribution in [1.29, 1.82) is 0 Å². The molecule has 0 saturated heterocycles. The van der Waals surface area contributed by atoms with Crippen molar-refractivity contribution in [1.82, 2.24) is 5.32 Å². The monoisotopic (exact) mass is 283 g/mol. The van der Waals surface area contributed by atoms with E-state index < -0.39 is 0 Å². The summed E-state index contributed by atoms with van der Waals surface area (Å²) in [6.07, 6.45) is 3.21. The van der Waals surface area contributed by atoms with E-state index in [9.17, 15) is 0 Å². The van der Waals surface area contributed by atoms with Crippen LogP contribution in [-0.4, -0.2) is 20.2 Å². The van der Waals surface area contributed by atoms with Gasteiger partial charge in [0.25, 0.3) is 0 Å². The summed E-state index contributed by atoms with van der Waals surface area (Å²) >= 11 is 0. The Morgan fingerprint density at radius 1 is 0.952 bits per heavy atom. The third kappa shape index (κ3) is 4.33. The van der Waals surface area contributed by atoms with Gasteiger partial charge in [-0.15, -0.1) is 0 Å². The third-order valence-corrected chi connectivity index (χ3v) is 3.63. The maximum atomic E-state index is 6.13. The predicted octanol–water partition coefficient (Wildman–Crippen LogP) is 4.29. The molecule has 0 saturated carbocycles. The number of hydrogen-bond donors (Lipinski definition) is 1. The van der Waals surface area contributed by atoms with Crippen molar-refractivity contribution in [2.45, 2.75) is 26.2 Å². The fraction of sp³-hybridized carbons (Fsp3) is 0.368. The third-order valence-electron chi connectivity index (χ3n) is 3.63. The number of unbranched alkanes of at least 4 members (excludes halogenated alkanes) is 1. The summed E-state index contributed by atoms with van der Waals surface area (Å²) in [6, 6.07) is 16.9. The van der Waals surface area contributed by atoms with E-state index in [1.54, 1.807) is 0 Å². The first-order valence-electron chi connectivity index (χ1n) is 7.81. The SMILES string of the molecule is CCc1cccc(-c2ccccc2)c1OCCCCNC. The van der Waals surface area contributed by atoms with Gasteiger partial charge >= 0.3 is 0 Å². The summed E-state index contributed by atoms with van der Waals surface area (Å²) in [5.74, 6) is 1.05. The first-order valence-corrected chi connectivity index (χ1v) is 7.81. The van der Waals surface area contributed by atoms with Crippen LogP contribution in [0.25, 0.3) is 11.1 Å². The highest BCUT2D eigenvalue weighted by Gasteiger charge is 2.10. The van der Waals surface area contributed by atoms with Crippen molar-refractivity contribution in [2.75, 3.05) is 20.2 Å². The zero-order valence-electron chi connectivity index (χ0n) is 13.1. The number of benzene rings is 2. The van der Waals surface area contributed by atoms with Crippen LogP contribution >= 0.6 is 0 Å². The van der Waals surface area contributed by atoms with E-state index in [2.05, 4.69) is 54.7 Å². The number of nitrogens with one attached hydrogen (secondary N) is 1. The summed E-state index contributed by atoms with van der Waals surface area (Å²) in [6.45, 7) is 4.00. The highest BCUT2D eigenvalue weighted by molar-refractivity contribution is 5.72. The Hall–Kier alpha value is -1.80. The van der Waals surface area contributed by atoms with Gasteiger partial charge in [-0.3, -0.25) is 0 Å². The van der Waals surface area contributed by atoms with Gasteiger partial charge in [-0.1, -0.05) is 55.5 Å². The second-order valence-electron chi connectivity index (χ2n) is 5.17. The van der Waals surface area contributed by atoms with Crippen LogP contribution in [0.1, 0.15) is 25.3 Å². The summed E-state index contributed by atoms with van der Waals surface area (Å²) in [7, 11) is 1.99. The molecule has 0 spiro atoms. The van der Waals surface area contributed by atoms with Crippen LogP contribution in [0, 0.1) is 0 Å². The summed E-state index contributed by atoms with van der Waals surface area (Å²) < 4.78 is 6.13. The van der Waals surface area contributed by atoms with Gasteiger partial charge in [-0.25, -0.2) is 0 Å². The maximum Gasteiger partial charge on any atom is 0.130 e. The van der Waals surface area contributed by atoms with Crippen LogP contribution in [0.15, 0.2) is 48.5 Å². The average Bonchev–Trinajstić information content (AvgIpc) is 2.55. The lowest BCUT2D eigenvalue weighted by Gasteiger charge is -2.15. The van der Waals surface area contributed by atoms with Crippen molar-refractivity contribution in [3.8, 4) is 16.9 Å². The molecular formula is C19H25NO. The number of rotatable bonds is 8. The van der Waals surface area contributed by atoms with Gasteiger partial charge in [0.15, 0.2) is 0 Å². The van der Waals surface area contributed by atoms with E-state index in [-0.39, 0.29) is 0 Å². The molecule has 0 heterocycles. The molecule has 2 aromatic carbocycles. The van der Waals surface area contributed by atoms with Gasteiger partial charge in [0.2, 0.25) is 0 Å². The molecule has 0 aliphatic rings. The minimum Gasteiger partial charge on any atom is -0.493 e. The van der Waals surface area contributed by atoms with Crippen molar-refractivity contribution < 1.29 is 4.74 Å². The van der Waals surface area contributed by atoms with Gasteiger partial charge in [0, 0.05) is 5.56 Å². The molecule has 2 nitrogen and oxygen atoms in total. The molecule has 0 unspecified atom stereocenters. The minimum absolute atomic E-state index is 0.776. The molecule has 0 aliphatic carbocycles. The Labute approximate surface area is 128 Å². The zero-order valence-corrected chi connectivity index (χ0v) is 13.1. The molecular weight excluding hydrogens is 258 g/mol. The number of ether oxygens (including phenoxy) is 1. The second-order valence-corrected chi connectivity index (χ2v) is 5.17. The molecule has 0 fully saturated rings. The topological polar surface area (TPSA) is 21.3 Å². The maximum absolute atomic E-state index is 6.13. The molecule has 2 rings (SSSR count). The Morgan fingerprint density at radius 2 is 1.76 bits per heavy atom. The minimum atomic E-state index is 0.776. The van der Waals surface area contributed by atoms with Gasteiger partial charge in [-0.2, -0.15) is 0 Å². The van der Waals surface area contributed by atoms with Crippen molar-refractivity contribution in [3.05, 3.63) is 54.1 Å². The molecule has 0 atom stereocenters.